The summed E-state index contributed by atoms with van der Waals surface area (Å²) >= 11 is 0. The number of carbonyl (C=O) groups is 1. The van der Waals surface area contributed by atoms with Gasteiger partial charge in [-0.05, 0) is 42.8 Å². The summed E-state index contributed by atoms with van der Waals surface area (Å²) in [5.41, 5.74) is 3.69. The van der Waals surface area contributed by atoms with Gasteiger partial charge >= 0.3 is 0 Å². The molecule has 0 N–H and O–H groups in total. The fourth-order valence-electron chi connectivity index (χ4n) is 3.40. The molecule has 27 heavy (non-hydrogen) atoms. The van der Waals surface area contributed by atoms with Crippen LogP contribution >= 0.6 is 0 Å². The van der Waals surface area contributed by atoms with E-state index in [-0.39, 0.29) is 11.2 Å². The lowest BCUT2D eigenvalue weighted by Crippen LogP contribution is -2.06. The Hall–Kier alpha value is -3.34. The first-order valence-electron chi connectivity index (χ1n) is 8.54. The monoisotopic (exact) mass is 362 g/mol. The van der Waals surface area contributed by atoms with Crippen molar-refractivity contribution in [3.8, 4) is 11.5 Å². The van der Waals surface area contributed by atoms with Gasteiger partial charge in [0.2, 0.25) is 0 Å². The molecule has 1 aliphatic rings. The maximum Gasteiger partial charge on any atom is 0.199 e. The molecule has 4 rings (SSSR count). The second-order valence-corrected chi connectivity index (χ2v) is 6.56. The van der Waals surface area contributed by atoms with E-state index in [2.05, 4.69) is 0 Å². The predicted octanol–water partition coefficient (Wildman–Crippen LogP) is 3.94. The summed E-state index contributed by atoms with van der Waals surface area (Å²) in [6.07, 6.45) is 3.46. The van der Waals surface area contributed by atoms with Crippen molar-refractivity contribution in [2.24, 2.45) is 0 Å². The van der Waals surface area contributed by atoms with Crippen LogP contribution in [0.25, 0.3) is 17.0 Å². The molecule has 0 atom stereocenters. The highest BCUT2D eigenvalue weighted by atomic mass is 16.5. The third-order valence-corrected chi connectivity index (χ3v) is 4.81. The van der Waals surface area contributed by atoms with E-state index in [1.807, 2.05) is 13.0 Å². The Morgan fingerprint density at radius 1 is 1.04 bits per heavy atom. The predicted molar refractivity (Wildman–Crippen MR) is 103 cm³/mol. The van der Waals surface area contributed by atoms with Crippen LogP contribution in [-0.2, 0) is 6.42 Å². The average Bonchev–Trinajstić information content (AvgIpc) is 2.98. The molecule has 1 aromatic heterocycles. The quantitative estimate of drug-likeness (QED) is 0.660. The van der Waals surface area contributed by atoms with E-state index in [0.717, 1.165) is 11.1 Å². The zero-order valence-electron chi connectivity index (χ0n) is 15.3. The second kappa shape index (κ2) is 6.43. The van der Waals surface area contributed by atoms with Crippen LogP contribution in [0.15, 0.2) is 51.4 Å². The topological polar surface area (TPSA) is 65.7 Å². The highest BCUT2D eigenvalue weighted by molar-refractivity contribution is 6.16. The van der Waals surface area contributed by atoms with E-state index >= 15 is 0 Å². The maximum absolute atomic E-state index is 12.8. The molecular weight excluding hydrogens is 344 g/mol. The van der Waals surface area contributed by atoms with Gasteiger partial charge in [-0.2, -0.15) is 0 Å². The molecule has 0 saturated heterocycles. The number of ether oxygens (including phenoxy) is 2. The maximum atomic E-state index is 12.8. The van der Waals surface area contributed by atoms with E-state index in [1.54, 1.807) is 37.5 Å². The van der Waals surface area contributed by atoms with Crippen LogP contribution in [0.1, 0.15) is 27.0 Å². The van der Waals surface area contributed by atoms with Crippen LogP contribution in [0, 0.1) is 6.92 Å². The smallest absolute Gasteiger partial charge is 0.199 e. The van der Waals surface area contributed by atoms with Crippen LogP contribution in [0.3, 0.4) is 0 Å². The zero-order valence-corrected chi connectivity index (χ0v) is 15.3. The number of fused-ring (bicyclic) bond motifs is 2. The largest absolute Gasteiger partial charge is 0.493 e. The van der Waals surface area contributed by atoms with E-state index in [9.17, 15) is 9.59 Å². The average molecular weight is 362 g/mol. The summed E-state index contributed by atoms with van der Waals surface area (Å²) in [4.78, 5) is 25.6. The summed E-state index contributed by atoms with van der Waals surface area (Å²) in [7, 11) is 3.09. The number of hydrogen-bond acceptors (Lipinski definition) is 5. The molecule has 0 bridgehead atoms. The van der Waals surface area contributed by atoms with Crippen LogP contribution < -0.4 is 14.9 Å². The van der Waals surface area contributed by atoms with Crippen molar-refractivity contribution in [2.45, 2.75) is 13.3 Å². The molecule has 0 amide bonds. The summed E-state index contributed by atoms with van der Waals surface area (Å²) in [5.74, 6) is 0.965. The van der Waals surface area contributed by atoms with Crippen molar-refractivity contribution >= 4 is 22.8 Å². The number of carbonyl (C=O) groups excluding carboxylic acids is 1. The summed E-state index contributed by atoms with van der Waals surface area (Å²) < 4.78 is 16.2. The number of methoxy groups -OCH3 is 2. The molecular formula is C22H18O5. The fraction of sp³-hybridized carbons (Fsp3) is 0.182. The number of ketones is 1. The van der Waals surface area contributed by atoms with Crippen molar-refractivity contribution in [2.75, 3.05) is 14.2 Å². The van der Waals surface area contributed by atoms with Gasteiger partial charge in [0.05, 0.1) is 25.2 Å². The van der Waals surface area contributed by atoms with Gasteiger partial charge in [-0.1, -0.05) is 11.6 Å². The summed E-state index contributed by atoms with van der Waals surface area (Å²) in [6.45, 7) is 1.92. The Labute approximate surface area is 155 Å². The first-order valence-corrected chi connectivity index (χ1v) is 8.54. The Bertz CT molecular complexity index is 1170. The zero-order chi connectivity index (χ0) is 19.1. The summed E-state index contributed by atoms with van der Waals surface area (Å²) in [6, 6.07) is 8.95. The molecule has 5 nitrogen and oxygen atoms in total. The van der Waals surface area contributed by atoms with Crippen molar-refractivity contribution in [1.29, 1.82) is 0 Å². The van der Waals surface area contributed by atoms with Gasteiger partial charge in [0, 0.05) is 17.6 Å². The lowest BCUT2D eigenvalue weighted by molar-refractivity contribution is 0.104. The van der Waals surface area contributed by atoms with Gasteiger partial charge in [0.1, 0.15) is 11.8 Å². The Kier molecular flexibility index (Phi) is 4.07. The molecule has 0 aliphatic heterocycles. The highest BCUT2D eigenvalue weighted by Crippen LogP contribution is 2.36. The van der Waals surface area contributed by atoms with Crippen molar-refractivity contribution < 1.29 is 18.7 Å². The van der Waals surface area contributed by atoms with Crippen molar-refractivity contribution in [1.82, 2.24) is 0 Å². The molecule has 1 aliphatic carbocycles. The Morgan fingerprint density at radius 3 is 2.52 bits per heavy atom. The van der Waals surface area contributed by atoms with E-state index < -0.39 is 0 Å². The second-order valence-electron chi connectivity index (χ2n) is 6.56. The molecule has 0 unspecified atom stereocenters. The third kappa shape index (κ3) is 2.81. The molecule has 3 aromatic rings. The number of Topliss-reactive ketones (excluding diaryl/α,β-unsaturated/α-hetero) is 1. The minimum atomic E-state index is -0.147. The van der Waals surface area contributed by atoms with Gasteiger partial charge in [-0.3, -0.25) is 9.59 Å². The minimum Gasteiger partial charge on any atom is -0.493 e. The van der Waals surface area contributed by atoms with Crippen LogP contribution in [-0.4, -0.2) is 20.0 Å². The van der Waals surface area contributed by atoms with Crippen molar-refractivity contribution in [3.05, 3.63) is 74.6 Å². The molecule has 5 heteroatoms. The molecule has 0 radical (unpaired) electrons. The van der Waals surface area contributed by atoms with E-state index in [0.29, 0.717) is 45.6 Å². The number of allylic oxidation sites excluding steroid dienone is 1. The molecule has 1 heterocycles. The molecule has 0 fully saturated rings. The number of aryl methyl sites for hydroxylation is 1. The highest BCUT2D eigenvalue weighted by Gasteiger charge is 2.27. The van der Waals surface area contributed by atoms with Gasteiger partial charge in [-0.25, -0.2) is 0 Å². The number of benzene rings is 2. The lowest BCUT2D eigenvalue weighted by Gasteiger charge is -2.08. The van der Waals surface area contributed by atoms with E-state index in [4.69, 9.17) is 13.9 Å². The lowest BCUT2D eigenvalue weighted by atomic mass is 10.1. The molecule has 136 valence electrons. The standard InChI is InChI=1S/C22H18O5/c1-12-4-5-18-17(6-12)22(24)15(11-27-18)8-14-7-13-9-19(25-2)20(26-3)10-16(13)21(14)23/h4-6,8-11H,7H2,1-3H3/b14-8-. The SMILES string of the molecule is COc1cc2c(cc1OC)C(=O)/C(=C\c1coc3ccc(C)cc3c1=O)C2. The van der Waals surface area contributed by atoms with Crippen LogP contribution in [0.2, 0.25) is 0 Å². The Morgan fingerprint density at radius 2 is 1.78 bits per heavy atom. The van der Waals surface area contributed by atoms with Gasteiger partial charge in [0.25, 0.3) is 0 Å². The molecule has 2 aromatic carbocycles. The van der Waals surface area contributed by atoms with Gasteiger partial charge in [0.15, 0.2) is 22.7 Å². The normalized spacial score (nSPS) is 14.6. The fourth-order valence-corrected chi connectivity index (χ4v) is 3.40. The summed E-state index contributed by atoms with van der Waals surface area (Å²) in [5, 5.41) is 0.510. The molecule has 0 saturated carbocycles. The van der Waals surface area contributed by atoms with Gasteiger partial charge < -0.3 is 13.9 Å². The minimum absolute atomic E-state index is 0.116. The van der Waals surface area contributed by atoms with E-state index in [1.165, 1.54) is 13.4 Å². The Balaban J connectivity index is 1.79. The van der Waals surface area contributed by atoms with Crippen LogP contribution in [0.4, 0.5) is 0 Å². The van der Waals surface area contributed by atoms with Crippen molar-refractivity contribution in [3.63, 3.8) is 0 Å². The van der Waals surface area contributed by atoms with Gasteiger partial charge in [-0.15, -0.1) is 0 Å². The third-order valence-electron chi connectivity index (χ3n) is 4.81. The van der Waals surface area contributed by atoms with Crippen LogP contribution in [0.5, 0.6) is 11.5 Å². The number of rotatable bonds is 3. The number of hydrogen-bond donors (Lipinski definition) is 0. The molecule has 0 spiro atoms. The first-order chi connectivity index (χ1) is 13.0. The first kappa shape index (κ1) is 17.1.